The van der Waals surface area contributed by atoms with E-state index in [0.717, 1.165) is 16.9 Å². The number of hydrogen-bond acceptors (Lipinski definition) is 4. The van der Waals surface area contributed by atoms with E-state index in [1.807, 2.05) is 32.0 Å². The lowest BCUT2D eigenvalue weighted by Gasteiger charge is -2.11. The summed E-state index contributed by atoms with van der Waals surface area (Å²) in [4.78, 5) is 11.3. The zero-order chi connectivity index (χ0) is 13.5. The maximum Gasteiger partial charge on any atom is 0.250 e. The summed E-state index contributed by atoms with van der Waals surface area (Å²) in [5.74, 6) is 0.388. The van der Waals surface area contributed by atoms with E-state index in [2.05, 4.69) is 5.32 Å². The molecule has 5 heteroatoms. The van der Waals surface area contributed by atoms with E-state index in [4.69, 9.17) is 10.5 Å². The van der Waals surface area contributed by atoms with Gasteiger partial charge in [-0.05, 0) is 31.0 Å². The third kappa shape index (κ3) is 4.01. The van der Waals surface area contributed by atoms with Crippen molar-refractivity contribution in [3.8, 4) is 5.75 Å². The van der Waals surface area contributed by atoms with Gasteiger partial charge in [-0.1, -0.05) is 12.1 Å². The van der Waals surface area contributed by atoms with Crippen molar-refractivity contribution in [3.63, 3.8) is 0 Å². The number of aliphatic hydroxyl groups is 1. The molecule has 1 aromatic rings. The molecule has 100 valence electrons. The lowest BCUT2D eigenvalue weighted by Crippen LogP contribution is -2.38. The number of rotatable bonds is 6. The summed E-state index contributed by atoms with van der Waals surface area (Å²) >= 11 is 0. The molecule has 0 aliphatic heterocycles. The Hall–Kier alpha value is -1.59. The first-order valence-electron chi connectivity index (χ1n) is 5.96. The highest BCUT2D eigenvalue weighted by molar-refractivity contribution is 5.80. The number of nitrogens with one attached hydrogen (secondary N) is 1. The van der Waals surface area contributed by atoms with Crippen molar-refractivity contribution in [2.75, 3.05) is 13.2 Å². The van der Waals surface area contributed by atoms with Gasteiger partial charge in [-0.3, -0.25) is 4.79 Å². The Morgan fingerprint density at radius 3 is 2.83 bits per heavy atom. The van der Waals surface area contributed by atoms with Gasteiger partial charge in [0.15, 0.2) is 0 Å². The molecule has 18 heavy (non-hydrogen) atoms. The second-order valence-corrected chi connectivity index (χ2v) is 4.00. The van der Waals surface area contributed by atoms with Crippen LogP contribution in [0.1, 0.15) is 18.1 Å². The first kappa shape index (κ1) is 14.5. The molecule has 0 fully saturated rings. The van der Waals surface area contributed by atoms with Crippen LogP contribution in [-0.2, 0) is 11.3 Å². The molecular formula is C13H20N2O3. The van der Waals surface area contributed by atoms with Crippen LogP contribution in [0.15, 0.2) is 18.2 Å². The fourth-order valence-corrected chi connectivity index (χ4v) is 1.55. The average Bonchev–Trinajstić information content (AvgIpc) is 2.38. The van der Waals surface area contributed by atoms with Crippen LogP contribution in [0.2, 0.25) is 0 Å². The van der Waals surface area contributed by atoms with Crippen LogP contribution in [-0.4, -0.2) is 30.3 Å². The van der Waals surface area contributed by atoms with Crippen LogP contribution in [0.25, 0.3) is 0 Å². The highest BCUT2D eigenvalue weighted by Crippen LogP contribution is 2.18. The van der Waals surface area contributed by atoms with Gasteiger partial charge in [-0.25, -0.2) is 0 Å². The average molecular weight is 252 g/mol. The molecule has 1 rings (SSSR count). The summed E-state index contributed by atoms with van der Waals surface area (Å²) < 4.78 is 5.43. The molecule has 0 bridgehead atoms. The van der Waals surface area contributed by atoms with E-state index < -0.39 is 12.0 Å². The van der Waals surface area contributed by atoms with E-state index in [1.165, 1.54) is 0 Å². The number of aliphatic hydroxyl groups excluding tert-OH is 1. The van der Waals surface area contributed by atoms with Gasteiger partial charge in [-0.2, -0.15) is 0 Å². The first-order chi connectivity index (χ1) is 8.58. The summed E-state index contributed by atoms with van der Waals surface area (Å²) in [6, 6.07) is 5.70. The molecule has 0 aliphatic carbocycles. The first-order valence-corrected chi connectivity index (χ1v) is 5.96. The second kappa shape index (κ2) is 6.98. The zero-order valence-electron chi connectivity index (χ0n) is 10.8. The smallest absolute Gasteiger partial charge is 0.250 e. The van der Waals surface area contributed by atoms with Crippen molar-refractivity contribution < 1.29 is 14.6 Å². The fourth-order valence-electron chi connectivity index (χ4n) is 1.55. The van der Waals surface area contributed by atoms with Crippen LogP contribution in [0, 0.1) is 6.92 Å². The van der Waals surface area contributed by atoms with Crippen LogP contribution in [0.5, 0.6) is 5.75 Å². The van der Waals surface area contributed by atoms with Crippen LogP contribution in [0.3, 0.4) is 0 Å². The molecule has 1 unspecified atom stereocenters. The zero-order valence-corrected chi connectivity index (χ0v) is 10.8. The maximum atomic E-state index is 11.3. The number of carbonyl (C=O) groups is 1. The minimum atomic E-state index is -1.14. The molecule has 1 atom stereocenters. The number of nitrogens with two attached hydrogens (primary N) is 1. The van der Waals surface area contributed by atoms with E-state index in [1.54, 1.807) is 0 Å². The molecule has 1 aromatic carbocycles. The molecule has 1 amide bonds. The van der Waals surface area contributed by atoms with Gasteiger partial charge in [0.1, 0.15) is 11.9 Å². The minimum absolute atomic E-state index is 0.0753. The molecule has 0 aromatic heterocycles. The van der Waals surface area contributed by atoms with E-state index in [0.29, 0.717) is 13.2 Å². The van der Waals surface area contributed by atoms with Gasteiger partial charge in [0.05, 0.1) is 6.61 Å². The number of amides is 1. The van der Waals surface area contributed by atoms with Crippen molar-refractivity contribution >= 4 is 5.91 Å². The predicted octanol–water partition coefficient (Wildman–Crippen LogP) is 0.330. The van der Waals surface area contributed by atoms with Crippen molar-refractivity contribution in [2.24, 2.45) is 5.73 Å². The number of carbonyl (C=O) groups excluding carboxylic acids is 1. The van der Waals surface area contributed by atoms with Gasteiger partial charge < -0.3 is 20.9 Å². The maximum absolute atomic E-state index is 11.3. The summed E-state index contributed by atoms with van der Waals surface area (Å²) in [5.41, 5.74) is 7.16. The van der Waals surface area contributed by atoms with Gasteiger partial charge in [0.25, 0.3) is 0 Å². The number of hydrogen-bond donors (Lipinski definition) is 3. The van der Waals surface area contributed by atoms with E-state index in [9.17, 15) is 9.90 Å². The second-order valence-electron chi connectivity index (χ2n) is 4.00. The largest absolute Gasteiger partial charge is 0.494 e. The molecule has 0 saturated heterocycles. The molecule has 0 radical (unpaired) electrons. The SMILES string of the molecule is CCOc1ccc(CNC(=O)C(O)CN)cc1C. The monoisotopic (exact) mass is 252 g/mol. The van der Waals surface area contributed by atoms with Crippen LogP contribution < -0.4 is 15.8 Å². The fraction of sp³-hybridized carbons (Fsp3) is 0.462. The quantitative estimate of drug-likeness (QED) is 0.681. The highest BCUT2D eigenvalue weighted by Gasteiger charge is 2.11. The van der Waals surface area contributed by atoms with Crippen molar-refractivity contribution in [1.82, 2.24) is 5.32 Å². The molecule has 0 aliphatic rings. The Labute approximate surface area is 107 Å². The Balaban J connectivity index is 2.58. The summed E-state index contributed by atoms with van der Waals surface area (Å²) in [7, 11) is 0. The van der Waals surface area contributed by atoms with Gasteiger partial charge in [0.2, 0.25) is 5.91 Å². The third-order valence-corrected chi connectivity index (χ3v) is 2.53. The Bertz CT molecular complexity index is 407. The molecule has 4 N–H and O–H groups in total. The third-order valence-electron chi connectivity index (χ3n) is 2.53. The molecule has 0 saturated carbocycles. The lowest BCUT2D eigenvalue weighted by atomic mass is 10.1. The van der Waals surface area contributed by atoms with Gasteiger partial charge in [-0.15, -0.1) is 0 Å². The predicted molar refractivity (Wildman–Crippen MR) is 69.3 cm³/mol. The molecule has 0 spiro atoms. The summed E-state index contributed by atoms with van der Waals surface area (Å²) in [6.45, 7) is 4.80. The number of ether oxygens (including phenoxy) is 1. The molecule has 0 heterocycles. The topological polar surface area (TPSA) is 84.6 Å². The Morgan fingerprint density at radius 2 is 2.28 bits per heavy atom. The lowest BCUT2D eigenvalue weighted by molar-refractivity contribution is -0.128. The van der Waals surface area contributed by atoms with Crippen LogP contribution >= 0.6 is 0 Å². The summed E-state index contributed by atoms with van der Waals surface area (Å²) in [6.07, 6.45) is -1.14. The van der Waals surface area contributed by atoms with Crippen molar-refractivity contribution in [1.29, 1.82) is 0 Å². The standard InChI is InChI=1S/C13H20N2O3/c1-3-18-12-5-4-10(6-9(12)2)8-15-13(17)11(16)7-14/h4-6,11,16H,3,7-8,14H2,1-2H3,(H,15,17). The van der Waals surface area contributed by atoms with Crippen LogP contribution in [0.4, 0.5) is 0 Å². The summed E-state index contributed by atoms with van der Waals surface area (Å²) in [5, 5.41) is 11.8. The van der Waals surface area contributed by atoms with Crippen molar-refractivity contribution in [3.05, 3.63) is 29.3 Å². The van der Waals surface area contributed by atoms with E-state index in [-0.39, 0.29) is 6.54 Å². The van der Waals surface area contributed by atoms with Crippen molar-refractivity contribution in [2.45, 2.75) is 26.5 Å². The highest BCUT2D eigenvalue weighted by atomic mass is 16.5. The molecular weight excluding hydrogens is 232 g/mol. The van der Waals surface area contributed by atoms with Gasteiger partial charge >= 0.3 is 0 Å². The minimum Gasteiger partial charge on any atom is -0.494 e. The molecule has 5 nitrogen and oxygen atoms in total. The Morgan fingerprint density at radius 1 is 1.56 bits per heavy atom. The van der Waals surface area contributed by atoms with E-state index >= 15 is 0 Å². The normalized spacial score (nSPS) is 12.0. The number of benzene rings is 1. The Kier molecular flexibility index (Phi) is 5.61. The number of aryl methyl sites for hydroxylation is 1. The van der Waals surface area contributed by atoms with Gasteiger partial charge in [0, 0.05) is 13.1 Å².